The van der Waals surface area contributed by atoms with E-state index in [0.717, 1.165) is 10.4 Å². The Kier molecular flexibility index (Phi) is 4.39. The third-order valence-electron chi connectivity index (χ3n) is 2.61. The Balaban J connectivity index is 1.96. The van der Waals surface area contributed by atoms with E-state index in [9.17, 15) is 4.79 Å². The minimum absolute atomic E-state index is 0.0958. The van der Waals surface area contributed by atoms with Gasteiger partial charge in [-0.2, -0.15) is 0 Å². The molecule has 1 atom stereocenters. The monoisotopic (exact) mass is 295 g/mol. The number of aromatic nitrogens is 1. The molecule has 2 aromatic rings. The summed E-state index contributed by atoms with van der Waals surface area (Å²) < 4.78 is 0.713. The van der Waals surface area contributed by atoms with Crippen molar-refractivity contribution in [3.63, 3.8) is 0 Å². The first-order chi connectivity index (χ1) is 9.06. The Labute approximate surface area is 120 Å². The lowest BCUT2D eigenvalue weighted by Crippen LogP contribution is -2.31. The van der Waals surface area contributed by atoms with Crippen LogP contribution in [0.3, 0.4) is 0 Å². The third-order valence-corrected chi connectivity index (χ3v) is 4.02. The van der Waals surface area contributed by atoms with E-state index in [1.54, 1.807) is 6.20 Å². The highest BCUT2D eigenvalue weighted by atomic mass is 35.5. The van der Waals surface area contributed by atoms with Crippen LogP contribution in [0.25, 0.3) is 0 Å². The van der Waals surface area contributed by atoms with Crippen LogP contribution < -0.4 is 10.6 Å². The minimum Gasteiger partial charge on any atom is -0.330 e. The lowest BCUT2D eigenvalue weighted by Gasteiger charge is -2.13. The van der Waals surface area contributed by atoms with Gasteiger partial charge in [-0.1, -0.05) is 17.7 Å². The van der Waals surface area contributed by atoms with Crippen LogP contribution in [0.4, 0.5) is 10.6 Å². The Hall–Kier alpha value is -1.59. The maximum Gasteiger partial charge on any atom is 0.320 e. The molecule has 2 rings (SSSR count). The number of halogens is 1. The van der Waals surface area contributed by atoms with Gasteiger partial charge < -0.3 is 5.32 Å². The summed E-state index contributed by atoms with van der Waals surface area (Å²) in [6, 6.07) is 7.07. The summed E-state index contributed by atoms with van der Waals surface area (Å²) in [6.07, 6.45) is 1.64. The molecule has 100 valence electrons. The molecule has 0 saturated carbocycles. The number of amides is 2. The molecular formula is C13H14ClN3OS. The van der Waals surface area contributed by atoms with Gasteiger partial charge in [-0.25, -0.2) is 9.78 Å². The second-order valence-electron chi connectivity index (χ2n) is 4.13. The van der Waals surface area contributed by atoms with Crippen molar-refractivity contribution >= 4 is 34.8 Å². The minimum atomic E-state index is -0.279. The highest BCUT2D eigenvalue weighted by Crippen LogP contribution is 2.26. The maximum absolute atomic E-state index is 11.9. The van der Waals surface area contributed by atoms with Crippen LogP contribution in [0.15, 0.2) is 30.5 Å². The zero-order valence-electron chi connectivity index (χ0n) is 10.6. The van der Waals surface area contributed by atoms with Crippen LogP contribution in [0.1, 0.15) is 23.4 Å². The van der Waals surface area contributed by atoms with Crippen molar-refractivity contribution in [3.05, 3.63) is 45.2 Å². The third kappa shape index (κ3) is 3.68. The Morgan fingerprint density at radius 3 is 2.84 bits per heavy atom. The number of anilines is 1. The van der Waals surface area contributed by atoms with Gasteiger partial charge >= 0.3 is 6.03 Å². The summed E-state index contributed by atoms with van der Waals surface area (Å²) in [5.41, 5.74) is 0.921. The van der Waals surface area contributed by atoms with E-state index >= 15 is 0 Å². The summed E-state index contributed by atoms with van der Waals surface area (Å²) in [7, 11) is 0. The molecular weight excluding hydrogens is 282 g/mol. The summed E-state index contributed by atoms with van der Waals surface area (Å²) >= 11 is 7.33. The lowest BCUT2D eigenvalue weighted by atomic mass is 10.3. The number of urea groups is 1. The molecule has 0 bridgehead atoms. The summed E-state index contributed by atoms with van der Waals surface area (Å²) in [6.45, 7) is 3.80. The first-order valence-corrected chi connectivity index (χ1v) is 7.00. The fraction of sp³-hybridized carbons (Fsp3) is 0.231. The van der Waals surface area contributed by atoms with Gasteiger partial charge in [0, 0.05) is 11.1 Å². The van der Waals surface area contributed by atoms with E-state index in [-0.39, 0.29) is 12.1 Å². The Morgan fingerprint density at radius 2 is 2.21 bits per heavy atom. The van der Waals surface area contributed by atoms with E-state index in [1.807, 2.05) is 38.1 Å². The number of hydrogen-bond donors (Lipinski definition) is 2. The fourth-order valence-electron chi connectivity index (χ4n) is 1.59. The summed E-state index contributed by atoms with van der Waals surface area (Å²) in [5, 5.41) is 5.58. The molecule has 2 amide bonds. The number of nitrogens with zero attached hydrogens (tertiary/aromatic N) is 1. The SMILES string of the molecule is Cc1cccnc1NC(=O)N[C@@H](C)c1ccc(Cl)s1. The van der Waals surface area contributed by atoms with Crippen LogP contribution in [-0.2, 0) is 0 Å². The number of thiophene rings is 1. The molecule has 0 aliphatic carbocycles. The fourth-order valence-corrected chi connectivity index (χ4v) is 2.65. The van der Waals surface area contributed by atoms with Gasteiger partial charge in [0.15, 0.2) is 0 Å². The first-order valence-electron chi connectivity index (χ1n) is 5.80. The van der Waals surface area contributed by atoms with E-state index in [4.69, 9.17) is 11.6 Å². The number of carbonyl (C=O) groups excluding carboxylic acids is 1. The van der Waals surface area contributed by atoms with Crippen molar-refractivity contribution in [1.82, 2.24) is 10.3 Å². The van der Waals surface area contributed by atoms with Crippen molar-refractivity contribution in [2.45, 2.75) is 19.9 Å². The van der Waals surface area contributed by atoms with Gasteiger partial charge in [-0.15, -0.1) is 11.3 Å². The first kappa shape index (κ1) is 13.8. The molecule has 6 heteroatoms. The van der Waals surface area contributed by atoms with E-state index < -0.39 is 0 Å². The van der Waals surface area contributed by atoms with E-state index in [1.165, 1.54) is 11.3 Å². The molecule has 0 aliphatic heterocycles. The normalized spacial score (nSPS) is 11.9. The van der Waals surface area contributed by atoms with Crippen molar-refractivity contribution < 1.29 is 4.79 Å². The largest absolute Gasteiger partial charge is 0.330 e. The number of aryl methyl sites for hydroxylation is 1. The standard InChI is InChI=1S/C13H14ClN3OS/c1-8-4-3-7-15-12(8)17-13(18)16-9(2)10-5-6-11(14)19-10/h3-7,9H,1-2H3,(H2,15,16,17,18)/t9-/m0/s1. The lowest BCUT2D eigenvalue weighted by molar-refractivity contribution is 0.249. The molecule has 0 unspecified atom stereocenters. The zero-order chi connectivity index (χ0) is 13.8. The molecule has 0 aromatic carbocycles. The Morgan fingerprint density at radius 1 is 1.42 bits per heavy atom. The molecule has 0 fully saturated rings. The van der Waals surface area contributed by atoms with Crippen molar-refractivity contribution in [2.24, 2.45) is 0 Å². The summed E-state index contributed by atoms with van der Waals surface area (Å²) in [5.74, 6) is 0.566. The van der Waals surface area contributed by atoms with Gasteiger partial charge in [0.2, 0.25) is 0 Å². The average Bonchev–Trinajstić information content (AvgIpc) is 2.79. The van der Waals surface area contributed by atoms with Crippen molar-refractivity contribution in [2.75, 3.05) is 5.32 Å². The highest BCUT2D eigenvalue weighted by molar-refractivity contribution is 7.16. The van der Waals surface area contributed by atoms with E-state index in [0.29, 0.717) is 10.2 Å². The molecule has 2 aromatic heterocycles. The summed E-state index contributed by atoms with van der Waals surface area (Å²) in [4.78, 5) is 17.0. The van der Waals surface area contributed by atoms with Gasteiger partial charge in [0.25, 0.3) is 0 Å². The van der Waals surface area contributed by atoms with E-state index in [2.05, 4.69) is 15.6 Å². The molecule has 19 heavy (non-hydrogen) atoms. The van der Waals surface area contributed by atoms with Gasteiger partial charge in [0.1, 0.15) is 5.82 Å². The molecule has 0 saturated heterocycles. The second-order valence-corrected chi connectivity index (χ2v) is 5.88. The quantitative estimate of drug-likeness (QED) is 0.899. The maximum atomic E-state index is 11.9. The van der Waals surface area contributed by atoms with Gasteiger partial charge in [-0.05, 0) is 37.6 Å². The van der Waals surface area contributed by atoms with Crippen LogP contribution in [-0.4, -0.2) is 11.0 Å². The number of hydrogen-bond acceptors (Lipinski definition) is 3. The molecule has 4 nitrogen and oxygen atoms in total. The van der Waals surface area contributed by atoms with Gasteiger partial charge in [-0.3, -0.25) is 5.32 Å². The second kappa shape index (κ2) is 6.04. The van der Waals surface area contributed by atoms with Crippen LogP contribution in [0.5, 0.6) is 0 Å². The number of nitrogens with one attached hydrogen (secondary N) is 2. The Bertz CT molecular complexity index is 585. The van der Waals surface area contributed by atoms with Crippen molar-refractivity contribution in [3.8, 4) is 0 Å². The van der Waals surface area contributed by atoms with Gasteiger partial charge in [0.05, 0.1) is 10.4 Å². The molecule has 0 aliphatic rings. The van der Waals surface area contributed by atoms with Crippen molar-refractivity contribution in [1.29, 1.82) is 0 Å². The smallest absolute Gasteiger partial charge is 0.320 e. The average molecular weight is 296 g/mol. The molecule has 0 spiro atoms. The molecule has 2 N–H and O–H groups in total. The highest BCUT2D eigenvalue weighted by Gasteiger charge is 2.12. The number of rotatable bonds is 3. The van der Waals surface area contributed by atoms with Crippen LogP contribution in [0.2, 0.25) is 4.34 Å². The molecule has 2 heterocycles. The van der Waals surface area contributed by atoms with Crippen LogP contribution in [0, 0.1) is 6.92 Å². The zero-order valence-corrected chi connectivity index (χ0v) is 12.2. The molecule has 0 radical (unpaired) electrons. The predicted octanol–water partition coefficient (Wildman–Crippen LogP) is 3.99. The predicted molar refractivity (Wildman–Crippen MR) is 78.9 cm³/mol. The number of pyridine rings is 1. The number of carbonyl (C=O) groups is 1. The van der Waals surface area contributed by atoms with Crippen LogP contribution >= 0.6 is 22.9 Å². The topological polar surface area (TPSA) is 54.0 Å².